The number of ether oxygens (including phenoxy) is 1. The van der Waals surface area contributed by atoms with Crippen LogP contribution in [0.2, 0.25) is 5.02 Å². The van der Waals surface area contributed by atoms with Gasteiger partial charge in [0.25, 0.3) is 5.91 Å². The molecule has 0 bridgehead atoms. The summed E-state index contributed by atoms with van der Waals surface area (Å²) in [4.78, 5) is 56.2. The van der Waals surface area contributed by atoms with Crippen LogP contribution in [0.15, 0.2) is 24.5 Å². The van der Waals surface area contributed by atoms with Crippen LogP contribution in [0.1, 0.15) is 65.5 Å². The zero-order valence-electron chi connectivity index (χ0n) is 25.2. The fraction of sp³-hybridized carbons (Fsp3) is 0.406. The number of carbonyl (C=O) groups is 3. The van der Waals surface area contributed by atoms with E-state index in [4.69, 9.17) is 16.3 Å². The molecule has 0 saturated carbocycles. The van der Waals surface area contributed by atoms with Gasteiger partial charge < -0.3 is 30.2 Å². The Morgan fingerprint density at radius 2 is 2.00 bits per heavy atom. The lowest BCUT2D eigenvalue weighted by Gasteiger charge is -2.28. The van der Waals surface area contributed by atoms with Crippen LogP contribution >= 0.6 is 11.6 Å². The molecular formula is C32H35ClFN7O4. The van der Waals surface area contributed by atoms with Gasteiger partial charge in [-0.3, -0.25) is 9.59 Å². The van der Waals surface area contributed by atoms with Gasteiger partial charge in [0.2, 0.25) is 5.91 Å². The van der Waals surface area contributed by atoms with Crippen molar-refractivity contribution in [3.8, 4) is 0 Å². The molecule has 13 heteroatoms. The SMILES string of the molecule is CCOC(=O)c1c(CC(=O)N2CCCC2CN2CCCC2)[nH]c(/C=C2\C(=O)Nc3ncnc(Nc4ccc(F)c(Cl)c4)c32)c1C. The number of aromatic nitrogens is 3. The molecule has 2 fully saturated rings. The van der Waals surface area contributed by atoms with Crippen LogP contribution in [-0.2, 0) is 20.7 Å². The average Bonchev–Trinajstić information content (AvgIpc) is 3.80. The van der Waals surface area contributed by atoms with Crippen LogP contribution in [0.25, 0.3) is 11.6 Å². The average molecular weight is 636 g/mol. The molecule has 3 aliphatic heterocycles. The lowest BCUT2D eigenvalue weighted by Crippen LogP contribution is -2.43. The number of benzene rings is 1. The number of carbonyl (C=O) groups excluding carboxylic acids is 3. The molecule has 6 rings (SSSR count). The van der Waals surface area contributed by atoms with Gasteiger partial charge in [0.1, 0.15) is 23.8 Å². The predicted octanol–water partition coefficient (Wildman–Crippen LogP) is 4.95. The molecule has 236 valence electrons. The quantitative estimate of drug-likeness (QED) is 0.222. The zero-order valence-corrected chi connectivity index (χ0v) is 26.0. The number of rotatable bonds is 9. The molecule has 5 heterocycles. The summed E-state index contributed by atoms with van der Waals surface area (Å²) in [5.41, 5.74) is 2.86. The number of hydrogen-bond acceptors (Lipinski definition) is 8. The number of aromatic amines is 1. The summed E-state index contributed by atoms with van der Waals surface area (Å²) in [5.74, 6) is -0.977. The van der Waals surface area contributed by atoms with Crippen molar-refractivity contribution >= 4 is 58.4 Å². The number of nitrogens with one attached hydrogen (secondary N) is 3. The maximum Gasteiger partial charge on any atom is 0.340 e. The van der Waals surface area contributed by atoms with E-state index in [0.717, 1.165) is 32.5 Å². The van der Waals surface area contributed by atoms with Gasteiger partial charge in [-0.2, -0.15) is 0 Å². The molecule has 3 aromatic rings. The van der Waals surface area contributed by atoms with Gasteiger partial charge in [-0.15, -0.1) is 0 Å². The summed E-state index contributed by atoms with van der Waals surface area (Å²) in [6, 6.07) is 4.30. The molecule has 2 amide bonds. The van der Waals surface area contributed by atoms with Crippen LogP contribution in [0.3, 0.4) is 0 Å². The van der Waals surface area contributed by atoms with Gasteiger partial charge in [0.05, 0.1) is 34.8 Å². The van der Waals surface area contributed by atoms with Crippen LogP contribution in [0, 0.1) is 12.7 Å². The molecule has 2 aromatic heterocycles. The minimum absolute atomic E-state index is 0.00130. The van der Waals surface area contributed by atoms with Crippen molar-refractivity contribution in [1.29, 1.82) is 0 Å². The Balaban J connectivity index is 1.32. The van der Waals surface area contributed by atoms with Crippen molar-refractivity contribution in [3.63, 3.8) is 0 Å². The molecule has 1 atom stereocenters. The number of halogens is 2. The van der Waals surface area contributed by atoms with Crippen molar-refractivity contribution in [2.24, 2.45) is 0 Å². The first kappa shape index (κ1) is 30.7. The number of anilines is 3. The molecule has 3 N–H and O–H groups in total. The van der Waals surface area contributed by atoms with Crippen LogP contribution < -0.4 is 10.6 Å². The Kier molecular flexibility index (Phi) is 8.86. The number of H-pyrrole nitrogens is 1. The Hall–Kier alpha value is -4.29. The minimum atomic E-state index is -0.562. The molecule has 11 nitrogen and oxygen atoms in total. The normalized spacial score (nSPS) is 18.8. The van der Waals surface area contributed by atoms with Gasteiger partial charge >= 0.3 is 5.97 Å². The standard InChI is InChI=1S/C32H35ClFN7O4/c1-3-45-32(44)27-18(2)24(38-25(27)15-26(42)41-12-6-7-20(41)16-40-10-4-5-11-40)14-21-28-29(35-17-36-30(28)39-31(21)43)37-19-8-9-23(34)22(33)13-19/h8-9,13-14,17,20,38H,3-7,10-12,15-16H2,1-2H3,(H2,35,36,37,39,43)/b21-14-. The monoisotopic (exact) mass is 635 g/mol. The maximum atomic E-state index is 13.7. The fourth-order valence-corrected chi connectivity index (χ4v) is 6.60. The van der Waals surface area contributed by atoms with Crippen LogP contribution in [0.4, 0.5) is 21.7 Å². The first-order chi connectivity index (χ1) is 21.7. The second kappa shape index (κ2) is 13.0. The number of amides is 2. The van der Waals surface area contributed by atoms with E-state index >= 15 is 0 Å². The van der Waals surface area contributed by atoms with Crippen molar-refractivity contribution < 1.29 is 23.5 Å². The molecule has 45 heavy (non-hydrogen) atoms. The molecular weight excluding hydrogens is 601 g/mol. The third-order valence-corrected chi connectivity index (χ3v) is 8.89. The Morgan fingerprint density at radius 1 is 1.20 bits per heavy atom. The Bertz CT molecular complexity index is 1680. The van der Waals surface area contributed by atoms with Crippen molar-refractivity contribution in [2.45, 2.75) is 52.0 Å². The molecule has 3 aliphatic rings. The van der Waals surface area contributed by atoms with E-state index in [2.05, 4.69) is 30.5 Å². The predicted molar refractivity (Wildman–Crippen MR) is 169 cm³/mol. The second-order valence-electron chi connectivity index (χ2n) is 11.5. The van der Waals surface area contributed by atoms with E-state index < -0.39 is 17.7 Å². The lowest BCUT2D eigenvalue weighted by molar-refractivity contribution is -0.131. The van der Waals surface area contributed by atoms with E-state index in [-0.39, 0.29) is 41.1 Å². The van der Waals surface area contributed by atoms with Gasteiger partial charge in [0.15, 0.2) is 0 Å². The highest BCUT2D eigenvalue weighted by Crippen LogP contribution is 2.38. The van der Waals surface area contributed by atoms with Crippen molar-refractivity contribution in [2.75, 3.05) is 43.4 Å². The molecule has 1 aromatic carbocycles. The summed E-state index contributed by atoms with van der Waals surface area (Å²) in [5, 5.41) is 5.77. The first-order valence-corrected chi connectivity index (χ1v) is 15.6. The van der Waals surface area contributed by atoms with E-state index in [9.17, 15) is 18.8 Å². The Labute approximate surface area is 265 Å². The molecule has 1 unspecified atom stereocenters. The van der Waals surface area contributed by atoms with Gasteiger partial charge in [-0.25, -0.2) is 19.2 Å². The molecule has 0 aliphatic carbocycles. The van der Waals surface area contributed by atoms with Crippen LogP contribution in [-0.4, -0.2) is 81.4 Å². The summed E-state index contributed by atoms with van der Waals surface area (Å²) >= 11 is 5.97. The smallest absolute Gasteiger partial charge is 0.340 e. The topological polar surface area (TPSA) is 133 Å². The number of nitrogens with zero attached hydrogens (tertiary/aromatic N) is 4. The third kappa shape index (κ3) is 6.30. The summed E-state index contributed by atoms with van der Waals surface area (Å²) in [6.07, 6.45) is 7.21. The largest absolute Gasteiger partial charge is 0.462 e. The highest BCUT2D eigenvalue weighted by molar-refractivity contribution is 6.35. The van der Waals surface area contributed by atoms with Gasteiger partial charge in [-0.05, 0) is 82.5 Å². The number of esters is 1. The molecule has 2 saturated heterocycles. The maximum absolute atomic E-state index is 13.7. The van der Waals surface area contributed by atoms with Gasteiger partial charge in [-0.1, -0.05) is 11.6 Å². The highest BCUT2D eigenvalue weighted by Gasteiger charge is 2.34. The van der Waals surface area contributed by atoms with Gasteiger partial charge in [0, 0.05) is 36.2 Å². The zero-order chi connectivity index (χ0) is 31.7. The van der Waals surface area contributed by atoms with E-state index in [0.29, 0.717) is 46.4 Å². The van der Waals surface area contributed by atoms with E-state index in [1.54, 1.807) is 19.9 Å². The van der Waals surface area contributed by atoms with E-state index in [1.165, 1.54) is 37.4 Å². The van der Waals surface area contributed by atoms with Crippen molar-refractivity contribution in [1.82, 2.24) is 24.8 Å². The number of fused-ring (bicyclic) bond motifs is 1. The Morgan fingerprint density at radius 3 is 2.76 bits per heavy atom. The van der Waals surface area contributed by atoms with E-state index in [1.807, 2.05) is 4.90 Å². The first-order valence-electron chi connectivity index (χ1n) is 15.2. The summed E-state index contributed by atoms with van der Waals surface area (Å²) < 4.78 is 19.1. The third-order valence-electron chi connectivity index (χ3n) is 8.60. The second-order valence-corrected chi connectivity index (χ2v) is 11.9. The fourth-order valence-electron chi connectivity index (χ4n) is 6.42. The van der Waals surface area contributed by atoms with Crippen LogP contribution in [0.5, 0.6) is 0 Å². The molecule has 0 radical (unpaired) electrons. The number of hydrogen-bond donors (Lipinski definition) is 3. The summed E-state index contributed by atoms with van der Waals surface area (Å²) in [7, 11) is 0. The van der Waals surface area contributed by atoms with Crippen molar-refractivity contribution in [3.05, 3.63) is 63.4 Å². The number of likely N-dealkylation sites (tertiary alicyclic amines) is 2. The lowest BCUT2D eigenvalue weighted by atomic mass is 10.0. The molecule has 0 spiro atoms. The summed E-state index contributed by atoms with van der Waals surface area (Å²) in [6.45, 7) is 7.34. The highest BCUT2D eigenvalue weighted by atomic mass is 35.5. The minimum Gasteiger partial charge on any atom is -0.462 e.